The number of halogens is 1. The van der Waals surface area contributed by atoms with Crippen molar-refractivity contribution in [1.82, 2.24) is 0 Å². The van der Waals surface area contributed by atoms with Crippen LogP contribution in [0.15, 0.2) is 89.4 Å². The van der Waals surface area contributed by atoms with E-state index in [1.807, 2.05) is 86.6 Å². The topological polar surface area (TPSA) is 54.5 Å². The fraction of sp³-hybridized carbons (Fsp3) is 0.258. The Morgan fingerprint density at radius 1 is 0.778 bits per heavy atom. The lowest BCUT2D eigenvalue weighted by Gasteiger charge is -2.37. The van der Waals surface area contributed by atoms with Gasteiger partial charge in [-0.1, -0.05) is 96.0 Å². The van der Waals surface area contributed by atoms with Crippen LogP contribution in [0.3, 0.4) is 0 Å². The lowest BCUT2D eigenvalue weighted by molar-refractivity contribution is -0.134. The van der Waals surface area contributed by atoms with Crippen LogP contribution in [0.2, 0.25) is 0 Å². The molecule has 0 radical (unpaired) electrons. The molecule has 2 aliphatic carbocycles. The van der Waals surface area contributed by atoms with Gasteiger partial charge in [0.05, 0.1) is 28.4 Å². The van der Waals surface area contributed by atoms with Crippen LogP contribution in [0.25, 0.3) is 11.1 Å². The second kappa shape index (κ2) is 8.10. The number of carbonyl (C=O) groups is 3. The van der Waals surface area contributed by atoms with E-state index in [2.05, 4.69) is 15.9 Å². The molecule has 2 fully saturated rings. The largest absolute Gasteiger partial charge is 0.298 e. The van der Waals surface area contributed by atoms with E-state index in [9.17, 15) is 14.4 Å². The van der Waals surface area contributed by atoms with E-state index < -0.39 is 22.7 Å². The van der Waals surface area contributed by atoms with Gasteiger partial charge in [-0.15, -0.1) is 0 Å². The van der Waals surface area contributed by atoms with Crippen LogP contribution < -0.4 is 4.90 Å². The Bertz CT molecular complexity index is 1450. The van der Waals surface area contributed by atoms with Crippen molar-refractivity contribution in [2.75, 3.05) is 4.90 Å². The maximum absolute atomic E-state index is 14.6. The fourth-order valence-corrected chi connectivity index (χ4v) is 7.62. The van der Waals surface area contributed by atoms with E-state index in [1.54, 1.807) is 12.1 Å². The molecule has 0 aromatic heterocycles. The van der Waals surface area contributed by atoms with Crippen molar-refractivity contribution in [3.8, 4) is 0 Å². The van der Waals surface area contributed by atoms with E-state index in [4.69, 9.17) is 0 Å². The van der Waals surface area contributed by atoms with E-state index in [0.29, 0.717) is 12.1 Å². The number of amides is 2. The molecular formula is C31H26BrNO3. The second-order valence-electron chi connectivity index (χ2n) is 10.2. The van der Waals surface area contributed by atoms with Gasteiger partial charge >= 0.3 is 0 Å². The third-order valence-corrected chi connectivity index (χ3v) is 8.88. The molecule has 3 aliphatic rings. The summed E-state index contributed by atoms with van der Waals surface area (Å²) in [6.45, 7) is 3.95. The number of hydrogen-bond acceptors (Lipinski definition) is 3. The first-order chi connectivity index (χ1) is 17.4. The van der Waals surface area contributed by atoms with Crippen LogP contribution in [-0.2, 0) is 14.4 Å². The summed E-state index contributed by atoms with van der Waals surface area (Å²) in [5.74, 6) is -1.98. The van der Waals surface area contributed by atoms with Crippen LogP contribution in [-0.4, -0.2) is 17.6 Å². The molecule has 1 aliphatic heterocycles. The van der Waals surface area contributed by atoms with Gasteiger partial charge in [0.15, 0.2) is 5.78 Å². The van der Waals surface area contributed by atoms with Crippen molar-refractivity contribution in [2.45, 2.75) is 26.7 Å². The van der Waals surface area contributed by atoms with Gasteiger partial charge in [-0.3, -0.25) is 14.4 Å². The number of ketones is 1. The van der Waals surface area contributed by atoms with Crippen molar-refractivity contribution in [2.24, 2.45) is 22.7 Å². The number of Topliss-reactive ketones (excluding diaryl/α,β-unsaturated/α-hetero) is 1. The smallest absolute Gasteiger partial charge is 0.239 e. The van der Waals surface area contributed by atoms with Crippen molar-refractivity contribution in [3.63, 3.8) is 0 Å². The first-order valence-electron chi connectivity index (χ1n) is 12.4. The molecule has 2 amide bonds. The van der Waals surface area contributed by atoms with Crippen LogP contribution in [0.5, 0.6) is 0 Å². The summed E-state index contributed by atoms with van der Waals surface area (Å²) in [5.41, 5.74) is 2.09. The van der Waals surface area contributed by atoms with Gasteiger partial charge < -0.3 is 0 Å². The zero-order valence-electron chi connectivity index (χ0n) is 20.2. The minimum Gasteiger partial charge on any atom is -0.298 e. The highest BCUT2D eigenvalue weighted by atomic mass is 79.9. The third kappa shape index (κ3) is 2.78. The van der Waals surface area contributed by atoms with Gasteiger partial charge in [-0.2, -0.15) is 0 Å². The van der Waals surface area contributed by atoms with Crippen LogP contribution in [0, 0.1) is 22.7 Å². The number of anilines is 1. The molecule has 36 heavy (non-hydrogen) atoms. The zero-order chi connectivity index (χ0) is 25.2. The van der Waals surface area contributed by atoms with Gasteiger partial charge in [0.2, 0.25) is 11.8 Å². The molecule has 6 rings (SSSR count). The Morgan fingerprint density at radius 2 is 1.36 bits per heavy atom. The molecule has 0 unspecified atom stereocenters. The number of nitrogens with zero attached hydrogens (tertiary/aromatic N) is 1. The number of rotatable bonds is 5. The molecule has 1 saturated heterocycles. The van der Waals surface area contributed by atoms with E-state index >= 15 is 0 Å². The second-order valence-corrected chi connectivity index (χ2v) is 11.1. The number of imide groups is 1. The summed E-state index contributed by atoms with van der Waals surface area (Å²) in [6.07, 6.45) is 1.25. The Kier molecular flexibility index (Phi) is 5.20. The van der Waals surface area contributed by atoms with Crippen molar-refractivity contribution in [1.29, 1.82) is 0 Å². The maximum atomic E-state index is 14.6. The molecular weight excluding hydrogens is 514 g/mol. The van der Waals surface area contributed by atoms with Crippen LogP contribution in [0.4, 0.5) is 5.69 Å². The lowest BCUT2D eigenvalue weighted by atomic mass is 9.61. The quantitative estimate of drug-likeness (QED) is 0.345. The van der Waals surface area contributed by atoms with Crippen LogP contribution in [0.1, 0.15) is 37.8 Å². The van der Waals surface area contributed by atoms with E-state index in [0.717, 1.165) is 33.2 Å². The number of carbonyl (C=O) groups excluding carboxylic acids is 3. The average molecular weight is 540 g/mol. The maximum Gasteiger partial charge on any atom is 0.239 e. The predicted molar refractivity (Wildman–Crippen MR) is 144 cm³/mol. The van der Waals surface area contributed by atoms with E-state index in [1.165, 1.54) is 4.90 Å². The molecule has 180 valence electrons. The summed E-state index contributed by atoms with van der Waals surface area (Å²) in [5, 5.41) is 0. The van der Waals surface area contributed by atoms with Gasteiger partial charge in [0.1, 0.15) is 0 Å². The minimum atomic E-state index is -1.10. The molecule has 2 bridgehead atoms. The normalized spacial score (nSPS) is 28.9. The number of allylic oxidation sites excluding steroid dienone is 2. The Balaban J connectivity index is 1.66. The summed E-state index contributed by atoms with van der Waals surface area (Å²) in [6, 6.07) is 27.1. The molecule has 4 atom stereocenters. The Morgan fingerprint density at radius 3 is 1.94 bits per heavy atom. The number of benzene rings is 3. The minimum absolute atomic E-state index is 0.0140. The highest BCUT2D eigenvalue weighted by Crippen LogP contribution is 2.75. The summed E-state index contributed by atoms with van der Waals surface area (Å²) in [7, 11) is 0. The standard InChI is InChI=1S/C31H26BrNO3/c1-3-17-31-24(20-13-8-5-9-14-20)23(19-11-6-4-7-12-19)30(2,29(31)36)25-26(31)28(35)33(27(25)34)22-16-10-15-21(32)18-22/h4-16,18,25-26H,3,17H2,1-2H3/t25-,26+,30-,31-/m0/s1. The van der Waals surface area contributed by atoms with Crippen molar-refractivity contribution < 1.29 is 14.4 Å². The average Bonchev–Trinajstić information content (AvgIpc) is 3.35. The molecule has 5 heteroatoms. The summed E-state index contributed by atoms with van der Waals surface area (Å²) >= 11 is 3.47. The molecule has 1 saturated carbocycles. The summed E-state index contributed by atoms with van der Waals surface area (Å²) < 4.78 is 0.791. The highest BCUT2D eigenvalue weighted by Gasteiger charge is 2.80. The third-order valence-electron chi connectivity index (χ3n) is 8.39. The highest BCUT2D eigenvalue weighted by molar-refractivity contribution is 9.10. The molecule has 1 heterocycles. The monoisotopic (exact) mass is 539 g/mol. The number of hydrogen-bond donors (Lipinski definition) is 0. The molecule has 3 aromatic rings. The SMILES string of the molecule is CCC[C@]12C(=O)[C@@](C)(C(c3ccccc3)=C1c1ccccc1)[C@@H]1C(=O)N(c3cccc(Br)c3)C(=O)[C@@H]12. The van der Waals surface area contributed by atoms with Crippen molar-refractivity contribution in [3.05, 3.63) is 101 Å². The predicted octanol–water partition coefficient (Wildman–Crippen LogP) is 6.55. The fourth-order valence-electron chi connectivity index (χ4n) is 7.23. The lowest BCUT2D eigenvalue weighted by Crippen LogP contribution is -2.41. The molecule has 4 nitrogen and oxygen atoms in total. The summed E-state index contributed by atoms with van der Waals surface area (Å²) in [4.78, 5) is 44.3. The van der Waals surface area contributed by atoms with Crippen LogP contribution >= 0.6 is 15.9 Å². The van der Waals surface area contributed by atoms with Gasteiger partial charge in [0.25, 0.3) is 0 Å². The van der Waals surface area contributed by atoms with Gasteiger partial charge in [-0.25, -0.2) is 4.90 Å². The van der Waals surface area contributed by atoms with Crippen molar-refractivity contribution >= 4 is 50.4 Å². The van der Waals surface area contributed by atoms with Gasteiger partial charge in [-0.05, 0) is 53.8 Å². The first kappa shape index (κ1) is 23.1. The number of fused-ring (bicyclic) bond motifs is 5. The molecule has 3 aromatic carbocycles. The molecule has 0 spiro atoms. The Hall–Kier alpha value is -3.31. The van der Waals surface area contributed by atoms with E-state index in [-0.39, 0.29) is 17.6 Å². The zero-order valence-corrected chi connectivity index (χ0v) is 21.8. The Labute approximate surface area is 219 Å². The molecule has 0 N–H and O–H groups in total. The van der Waals surface area contributed by atoms with Gasteiger partial charge in [0, 0.05) is 4.47 Å². The first-order valence-corrected chi connectivity index (χ1v) is 13.2.